The summed E-state index contributed by atoms with van der Waals surface area (Å²) >= 11 is 0. The molecule has 0 spiro atoms. The Labute approximate surface area is 121 Å². The largest absolute Gasteiger partial charge is 0.383 e. The molecule has 0 fully saturated rings. The Kier molecular flexibility index (Phi) is 6.88. The van der Waals surface area contributed by atoms with Crippen LogP contribution in [0, 0.1) is 5.82 Å². The zero-order chi connectivity index (χ0) is 15.1. The Hall–Kier alpha value is -1.20. The molecular formula is C15H26FN3O. The van der Waals surface area contributed by atoms with Crippen LogP contribution in [0.15, 0.2) is 12.3 Å². The summed E-state index contributed by atoms with van der Waals surface area (Å²) in [5.74, 6) is 0.158. The van der Waals surface area contributed by atoms with Gasteiger partial charge in [-0.3, -0.25) is 0 Å². The fraction of sp³-hybridized carbons (Fsp3) is 0.667. The quantitative estimate of drug-likeness (QED) is 0.795. The highest BCUT2D eigenvalue weighted by molar-refractivity contribution is 5.44. The third-order valence-electron chi connectivity index (χ3n) is 3.20. The monoisotopic (exact) mass is 283 g/mol. The van der Waals surface area contributed by atoms with Gasteiger partial charge in [0, 0.05) is 38.0 Å². The van der Waals surface area contributed by atoms with Gasteiger partial charge in [-0.2, -0.15) is 0 Å². The lowest BCUT2D eigenvalue weighted by Crippen LogP contribution is -2.37. The van der Waals surface area contributed by atoms with E-state index in [0.29, 0.717) is 37.1 Å². The smallest absolute Gasteiger partial charge is 0.170 e. The summed E-state index contributed by atoms with van der Waals surface area (Å²) in [6.07, 6.45) is 1.66. The second kappa shape index (κ2) is 8.17. The predicted molar refractivity (Wildman–Crippen MR) is 80.5 cm³/mol. The lowest BCUT2D eigenvalue weighted by Gasteiger charge is -2.29. The highest BCUT2D eigenvalue weighted by Gasteiger charge is 2.19. The minimum Gasteiger partial charge on any atom is -0.383 e. The third-order valence-corrected chi connectivity index (χ3v) is 3.20. The van der Waals surface area contributed by atoms with Crippen LogP contribution in [0.4, 0.5) is 10.2 Å². The number of anilines is 1. The summed E-state index contributed by atoms with van der Waals surface area (Å²) in [5.41, 5.74) is 0.645. The van der Waals surface area contributed by atoms with Gasteiger partial charge in [-0.15, -0.1) is 0 Å². The van der Waals surface area contributed by atoms with Crippen molar-refractivity contribution < 1.29 is 9.13 Å². The summed E-state index contributed by atoms with van der Waals surface area (Å²) in [6, 6.07) is 2.13. The molecule has 0 radical (unpaired) electrons. The molecule has 0 amide bonds. The molecule has 5 heteroatoms. The van der Waals surface area contributed by atoms with Crippen LogP contribution in [0.5, 0.6) is 0 Å². The molecule has 0 aromatic carbocycles. The second-order valence-electron chi connectivity index (χ2n) is 5.23. The summed E-state index contributed by atoms with van der Waals surface area (Å²) in [4.78, 5) is 6.14. The van der Waals surface area contributed by atoms with Crippen LogP contribution in [0.2, 0.25) is 0 Å². The van der Waals surface area contributed by atoms with Crippen molar-refractivity contribution in [1.82, 2.24) is 10.3 Å². The summed E-state index contributed by atoms with van der Waals surface area (Å²) in [6.45, 7) is 9.83. The van der Waals surface area contributed by atoms with Gasteiger partial charge in [0.25, 0.3) is 0 Å². The predicted octanol–water partition coefficient (Wildman–Crippen LogP) is 2.58. The van der Waals surface area contributed by atoms with E-state index in [4.69, 9.17) is 4.74 Å². The van der Waals surface area contributed by atoms with Crippen LogP contribution in [0.25, 0.3) is 0 Å². The van der Waals surface area contributed by atoms with Gasteiger partial charge in [0.05, 0.1) is 12.6 Å². The molecule has 1 heterocycles. The first kappa shape index (κ1) is 16.9. The third kappa shape index (κ3) is 4.42. The molecule has 0 saturated carbocycles. The van der Waals surface area contributed by atoms with Crippen molar-refractivity contribution in [1.29, 1.82) is 0 Å². The van der Waals surface area contributed by atoms with Crippen molar-refractivity contribution in [3.8, 4) is 0 Å². The number of nitrogens with zero attached hydrogens (tertiary/aromatic N) is 2. The Morgan fingerprint density at radius 2 is 2.10 bits per heavy atom. The first-order chi connectivity index (χ1) is 9.51. The average Bonchev–Trinajstić information content (AvgIpc) is 2.40. The molecule has 0 aliphatic heterocycles. The average molecular weight is 283 g/mol. The first-order valence-corrected chi connectivity index (χ1v) is 7.13. The van der Waals surface area contributed by atoms with E-state index in [1.807, 2.05) is 32.6 Å². The van der Waals surface area contributed by atoms with Gasteiger partial charge in [0.1, 0.15) is 0 Å². The zero-order valence-electron chi connectivity index (χ0n) is 13.1. The van der Waals surface area contributed by atoms with Crippen LogP contribution in [0.1, 0.15) is 33.3 Å². The SMILES string of the molecule is CCN(c1nccc(CNC(C)C)c1F)C(C)COC. The minimum absolute atomic E-state index is 0.0836. The number of pyridine rings is 1. The van der Waals surface area contributed by atoms with Gasteiger partial charge < -0.3 is 15.0 Å². The molecule has 1 rings (SSSR count). The summed E-state index contributed by atoms with van der Waals surface area (Å²) < 4.78 is 19.7. The number of likely N-dealkylation sites (N-methyl/N-ethyl adjacent to an activating group) is 1. The second-order valence-corrected chi connectivity index (χ2v) is 5.23. The molecule has 20 heavy (non-hydrogen) atoms. The lowest BCUT2D eigenvalue weighted by molar-refractivity contribution is 0.181. The molecule has 0 aliphatic carbocycles. The number of halogens is 1. The van der Waals surface area contributed by atoms with Crippen LogP contribution in [-0.2, 0) is 11.3 Å². The maximum atomic E-state index is 14.6. The highest BCUT2D eigenvalue weighted by Crippen LogP contribution is 2.21. The first-order valence-electron chi connectivity index (χ1n) is 7.13. The number of hydrogen-bond donors (Lipinski definition) is 1. The summed E-state index contributed by atoms with van der Waals surface area (Å²) in [7, 11) is 1.65. The van der Waals surface area contributed by atoms with Gasteiger partial charge in [0.15, 0.2) is 11.6 Å². The minimum atomic E-state index is -0.245. The van der Waals surface area contributed by atoms with Gasteiger partial charge in [-0.05, 0) is 19.9 Å². The molecule has 1 aromatic heterocycles. The van der Waals surface area contributed by atoms with Crippen molar-refractivity contribution in [2.75, 3.05) is 25.2 Å². The molecule has 0 saturated heterocycles. The van der Waals surface area contributed by atoms with Crippen LogP contribution < -0.4 is 10.2 Å². The summed E-state index contributed by atoms with van der Waals surface area (Å²) in [5, 5.41) is 3.23. The maximum absolute atomic E-state index is 14.6. The van der Waals surface area contributed by atoms with E-state index >= 15 is 0 Å². The fourth-order valence-electron chi connectivity index (χ4n) is 2.12. The van der Waals surface area contributed by atoms with E-state index in [-0.39, 0.29) is 11.9 Å². The molecule has 0 aliphatic rings. The highest BCUT2D eigenvalue weighted by atomic mass is 19.1. The molecule has 1 atom stereocenters. The van der Waals surface area contributed by atoms with E-state index in [0.717, 1.165) is 0 Å². The Bertz CT molecular complexity index is 412. The van der Waals surface area contributed by atoms with Crippen LogP contribution in [-0.4, -0.2) is 37.3 Å². The number of hydrogen-bond acceptors (Lipinski definition) is 4. The molecule has 1 N–H and O–H groups in total. The van der Waals surface area contributed by atoms with Crippen molar-refractivity contribution in [2.24, 2.45) is 0 Å². The molecule has 4 nitrogen and oxygen atoms in total. The molecule has 114 valence electrons. The zero-order valence-corrected chi connectivity index (χ0v) is 13.1. The van der Waals surface area contributed by atoms with Gasteiger partial charge >= 0.3 is 0 Å². The van der Waals surface area contributed by atoms with Gasteiger partial charge in [0.2, 0.25) is 0 Å². The van der Waals surface area contributed by atoms with E-state index in [2.05, 4.69) is 10.3 Å². The topological polar surface area (TPSA) is 37.4 Å². The number of ether oxygens (including phenoxy) is 1. The Balaban J connectivity index is 2.96. The lowest BCUT2D eigenvalue weighted by atomic mass is 10.2. The van der Waals surface area contributed by atoms with Crippen molar-refractivity contribution >= 4 is 5.82 Å². The van der Waals surface area contributed by atoms with Crippen molar-refractivity contribution in [2.45, 2.75) is 46.3 Å². The molecular weight excluding hydrogens is 257 g/mol. The number of aromatic nitrogens is 1. The maximum Gasteiger partial charge on any atom is 0.170 e. The van der Waals surface area contributed by atoms with Crippen LogP contribution >= 0.6 is 0 Å². The van der Waals surface area contributed by atoms with E-state index in [1.54, 1.807) is 19.4 Å². The Morgan fingerprint density at radius 3 is 2.65 bits per heavy atom. The molecule has 1 aromatic rings. The fourth-order valence-corrected chi connectivity index (χ4v) is 2.12. The Morgan fingerprint density at radius 1 is 1.40 bits per heavy atom. The number of methoxy groups -OCH3 is 1. The number of nitrogens with one attached hydrogen (secondary N) is 1. The molecule has 0 bridgehead atoms. The van der Waals surface area contributed by atoms with Crippen molar-refractivity contribution in [3.63, 3.8) is 0 Å². The van der Waals surface area contributed by atoms with Gasteiger partial charge in [-0.25, -0.2) is 9.37 Å². The standard InChI is InChI=1S/C15H26FN3O/c1-6-19(12(4)10-20-5)15-14(16)13(7-8-17-15)9-18-11(2)3/h7-8,11-12,18H,6,9-10H2,1-5H3. The van der Waals surface area contributed by atoms with Gasteiger partial charge in [-0.1, -0.05) is 13.8 Å². The van der Waals surface area contributed by atoms with E-state index in [1.165, 1.54) is 0 Å². The number of rotatable bonds is 8. The normalized spacial score (nSPS) is 12.8. The van der Waals surface area contributed by atoms with E-state index < -0.39 is 0 Å². The van der Waals surface area contributed by atoms with Crippen molar-refractivity contribution in [3.05, 3.63) is 23.6 Å². The molecule has 1 unspecified atom stereocenters. The van der Waals surface area contributed by atoms with E-state index in [9.17, 15) is 4.39 Å². The van der Waals surface area contributed by atoms with Crippen LogP contribution in [0.3, 0.4) is 0 Å².